The number of rotatable bonds is 3. The van der Waals surface area contributed by atoms with Crippen molar-refractivity contribution in [3.05, 3.63) is 78.4 Å². The molecule has 6 rings (SSSR count). The number of H-pyrrole nitrogens is 1. The lowest BCUT2D eigenvalue weighted by molar-refractivity contribution is 0.965. The van der Waals surface area contributed by atoms with Crippen molar-refractivity contribution in [2.45, 2.75) is 6.92 Å². The van der Waals surface area contributed by atoms with Crippen LogP contribution in [0.2, 0.25) is 0 Å². The van der Waals surface area contributed by atoms with Gasteiger partial charge in [-0.1, -0.05) is 53.3 Å². The van der Waals surface area contributed by atoms with E-state index in [1.807, 2.05) is 34.8 Å². The third-order valence-corrected chi connectivity index (χ3v) is 6.34. The Kier molecular flexibility index (Phi) is 3.91. The average molecular weight is 423 g/mol. The number of aromatic amines is 1. The van der Waals surface area contributed by atoms with Crippen LogP contribution in [0, 0.1) is 6.92 Å². The van der Waals surface area contributed by atoms with E-state index < -0.39 is 0 Å². The lowest BCUT2D eigenvalue weighted by atomic mass is 10.0. The molecule has 150 valence electrons. The number of benzene rings is 3. The van der Waals surface area contributed by atoms with Crippen LogP contribution in [0.15, 0.2) is 72.8 Å². The van der Waals surface area contributed by atoms with Crippen molar-refractivity contribution < 1.29 is 0 Å². The molecule has 0 aliphatic heterocycles. The Hall–Kier alpha value is -3.97. The second-order valence-electron chi connectivity index (χ2n) is 7.54. The van der Waals surface area contributed by atoms with Crippen LogP contribution < -0.4 is 5.73 Å². The molecule has 0 amide bonds. The minimum absolute atomic E-state index is 0.695. The third-order valence-electron chi connectivity index (χ3n) is 5.39. The maximum absolute atomic E-state index is 5.83. The standard InChI is InChI=1S/C24H18N6S/c1-14-7-12-19-18(13-14)20(15-5-3-2-4-6-15)21(26-19)22-27-28-24-30(22)29-23(31-24)16-8-10-17(25)11-9-16/h2-13,26H,25H2,1H3. The van der Waals surface area contributed by atoms with Crippen LogP contribution >= 0.6 is 11.3 Å². The quantitative estimate of drug-likeness (QED) is 0.366. The molecule has 6 aromatic rings. The normalized spacial score (nSPS) is 11.5. The van der Waals surface area contributed by atoms with Crippen molar-refractivity contribution >= 4 is 32.9 Å². The van der Waals surface area contributed by atoms with Crippen LogP contribution in [0.5, 0.6) is 0 Å². The van der Waals surface area contributed by atoms with Crippen molar-refractivity contribution in [2.24, 2.45) is 0 Å². The van der Waals surface area contributed by atoms with E-state index in [1.54, 1.807) is 0 Å². The second kappa shape index (κ2) is 6.78. The van der Waals surface area contributed by atoms with Gasteiger partial charge in [0, 0.05) is 27.7 Å². The number of nitrogens with zero attached hydrogens (tertiary/aromatic N) is 4. The molecule has 0 saturated heterocycles. The highest BCUT2D eigenvalue weighted by atomic mass is 32.1. The molecule has 3 heterocycles. The van der Waals surface area contributed by atoms with Gasteiger partial charge in [-0.05, 0) is 48.9 Å². The number of hydrogen-bond donors (Lipinski definition) is 2. The molecule has 0 fully saturated rings. The molecule has 0 unspecified atom stereocenters. The minimum atomic E-state index is 0.695. The number of fused-ring (bicyclic) bond motifs is 2. The molecule has 0 bridgehead atoms. The number of nitrogen functional groups attached to an aromatic ring is 1. The topological polar surface area (TPSA) is 84.9 Å². The minimum Gasteiger partial charge on any atom is -0.399 e. The Bertz CT molecular complexity index is 1540. The highest BCUT2D eigenvalue weighted by Gasteiger charge is 2.21. The first-order valence-electron chi connectivity index (χ1n) is 9.94. The number of nitrogens with two attached hydrogens (primary N) is 1. The van der Waals surface area contributed by atoms with Gasteiger partial charge >= 0.3 is 0 Å². The third kappa shape index (κ3) is 2.90. The smallest absolute Gasteiger partial charge is 0.235 e. The van der Waals surface area contributed by atoms with Gasteiger partial charge in [0.2, 0.25) is 10.8 Å². The summed E-state index contributed by atoms with van der Waals surface area (Å²) >= 11 is 1.51. The van der Waals surface area contributed by atoms with Crippen LogP contribution in [0.4, 0.5) is 5.69 Å². The van der Waals surface area contributed by atoms with Gasteiger partial charge in [-0.3, -0.25) is 0 Å². The summed E-state index contributed by atoms with van der Waals surface area (Å²) in [6, 6.07) is 24.5. The summed E-state index contributed by atoms with van der Waals surface area (Å²) in [6.45, 7) is 2.11. The summed E-state index contributed by atoms with van der Waals surface area (Å²) in [7, 11) is 0. The molecule has 6 nitrogen and oxygen atoms in total. The molecule has 3 aromatic carbocycles. The summed E-state index contributed by atoms with van der Waals surface area (Å²) < 4.78 is 1.82. The number of hydrogen-bond acceptors (Lipinski definition) is 5. The van der Waals surface area contributed by atoms with Crippen molar-refractivity contribution in [2.75, 3.05) is 5.73 Å². The number of anilines is 1. The van der Waals surface area contributed by atoms with E-state index in [4.69, 9.17) is 10.8 Å². The summed E-state index contributed by atoms with van der Waals surface area (Å²) in [5.41, 5.74) is 13.0. The summed E-state index contributed by atoms with van der Waals surface area (Å²) in [5.74, 6) is 0.695. The lowest BCUT2D eigenvalue weighted by Crippen LogP contribution is -1.93. The Morgan fingerprint density at radius 3 is 2.52 bits per heavy atom. The molecule has 0 radical (unpaired) electrons. The van der Waals surface area contributed by atoms with Crippen molar-refractivity contribution in [3.63, 3.8) is 0 Å². The maximum Gasteiger partial charge on any atom is 0.235 e. The van der Waals surface area contributed by atoms with Gasteiger partial charge in [0.1, 0.15) is 5.01 Å². The van der Waals surface area contributed by atoms with Crippen molar-refractivity contribution in [1.29, 1.82) is 0 Å². The van der Waals surface area contributed by atoms with E-state index in [2.05, 4.69) is 64.6 Å². The highest BCUT2D eigenvalue weighted by Crippen LogP contribution is 2.39. The maximum atomic E-state index is 5.83. The zero-order chi connectivity index (χ0) is 20.9. The van der Waals surface area contributed by atoms with Crippen molar-refractivity contribution in [3.8, 4) is 33.2 Å². The largest absolute Gasteiger partial charge is 0.399 e. The molecule has 7 heteroatoms. The van der Waals surface area contributed by atoms with Crippen LogP contribution in [0.3, 0.4) is 0 Å². The molecular formula is C24H18N6S. The zero-order valence-corrected chi connectivity index (χ0v) is 17.5. The second-order valence-corrected chi connectivity index (χ2v) is 8.49. The lowest BCUT2D eigenvalue weighted by Gasteiger charge is -2.04. The molecule has 0 saturated carbocycles. The Morgan fingerprint density at radius 1 is 0.903 bits per heavy atom. The average Bonchev–Trinajstić information content (AvgIpc) is 3.47. The Balaban J connectivity index is 1.59. The first-order valence-corrected chi connectivity index (χ1v) is 10.8. The predicted octanol–water partition coefficient (Wildman–Crippen LogP) is 5.56. The first-order chi connectivity index (χ1) is 15.2. The van der Waals surface area contributed by atoms with Crippen LogP contribution in [-0.2, 0) is 0 Å². The summed E-state index contributed by atoms with van der Waals surface area (Å²) in [6.07, 6.45) is 0. The fourth-order valence-electron chi connectivity index (χ4n) is 3.89. The fourth-order valence-corrected chi connectivity index (χ4v) is 4.74. The molecule has 0 atom stereocenters. The van der Waals surface area contributed by atoms with Gasteiger partial charge < -0.3 is 10.7 Å². The van der Waals surface area contributed by atoms with Crippen LogP contribution in [0.25, 0.3) is 49.1 Å². The van der Waals surface area contributed by atoms with E-state index >= 15 is 0 Å². The Labute approximate surface area is 182 Å². The van der Waals surface area contributed by atoms with E-state index in [9.17, 15) is 0 Å². The molecule has 0 aliphatic rings. The van der Waals surface area contributed by atoms with E-state index in [1.165, 1.54) is 16.9 Å². The van der Waals surface area contributed by atoms with Gasteiger partial charge in [0.15, 0.2) is 0 Å². The molecule has 31 heavy (non-hydrogen) atoms. The number of aryl methyl sites for hydroxylation is 1. The van der Waals surface area contributed by atoms with Gasteiger partial charge in [0.25, 0.3) is 0 Å². The first kappa shape index (κ1) is 17.9. The highest BCUT2D eigenvalue weighted by molar-refractivity contribution is 7.19. The monoisotopic (exact) mass is 422 g/mol. The SMILES string of the molecule is Cc1ccc2[nH]c(-c3nnc4sc(-c5ccc(N)cc5)nn34)c(-c3ccccc3)c2c1. The predicted molar refractivity (Wildman–Crippen MR) is 126 cm³/mol. The molecule has 0 aliphatic carbocycles. The van der Waals surface area contributed by atoms with Gasteiger partial charge in [-0.15, -0.1) is 10.2 Å². The molecule has 3 aromatic heterocycles. The van der Waals surface area contributed by atoms with Crippen molar-refractivity contribution in [1.82, 2.24) is 24.8 Å². The van der Waals surface area contributed by atoms with Gasteiger partial charge in [0.05, 0.1) is 5.69 Å². The van der Waals surface area contributed by atoms with Gasteiger partial charge in [-0.2, -0.15) is 9.61 Å². The summed E-state index contributed by atoms with van der Waals surface area (Å²) in [4.78, 5) is 4.31. The van der Waals surface area contributed by atoms with E-state index in [0.717, 1.165) is 48.9 Å². The Morgan fingerprint density at radius 2 is 1.71 bits per heavy atom. The summed E-state index contributed by atoms with van der Waals surface area (Å²) in [5, 5.41) is 15.7. The number of aromatic nitrogens is 5. The van der Waals surface area contributed by atoms with E-state index in [-0.39, 0.29) is 0 Å². The molecule has 0 spiro atoms. The zero-order valence-electron chi connectivity index (χ0n) is 16.7. The molecular weight excluding hydrogens is 404 g/mol. The van der Waals surface area contributed by atoms with Crippen LogP contribution in [0.1, 0.15) is 5.56 Å². The van der Waals surface area contributed by atoms with Crippen LogP contribution in [-0.4, -0.2) is 24.8 Å². The molecule has 3 N–H and O–H groups in total. The van der Waals surface area contributed by atoms with Gasteiger partial charge in [-0.25, -0.2) is 0 Å². The number of nitrogens with one attached hydrogen (secondary N) is 1. The van der Waals surface area contributed by atoms with E-state index in [0.29, 0.717) is 5.82 Å². The fraction of sp³-hybridized carbons (Fsp3) is 0.0417.